The number of hydrogen-bond donors (Lipinski definition) is 1. The van der Waals surface area contributed by atoms with Crippen molar-refractivity contribution in [3.05, 3.63) is 54.6 Å². The first-order chi connectivity index (χ1) is 13.7. The maximum absolute atomic E-state index is 12.8. The highest BCUT2D eigenvalue weighted by molar-refractivity contribution is 6.00. The molecule has 9 heteroatoms. The second-order valence-electron chi connectivity index (χ2n) is 6.11. The van der Waals surface area contributed by atoms with E-state index in [2.05, 4.69) is 20.1 Å². The van der Waals surface area contributed by atoms with Crippen molar-refractivity contribution in [3.63, 3.8) is 0 Å². The molecule has 0 spiro atoms. The van der Waals surface area contributed by atoms with Gasteiger partial charge < -0.3 is 10.0 Å². The summed E-state index contributed by atoms with van der Waals surface area (Å²) >= 11 is 0. The van der Waals surface area contributed by atoms with Crippen molar-refractivity contribution in [1.29, 1.82) is 0 Å². The zero-order valence-corrected chi connectivity index (χ0v) is 14.8. The summed E-state index contributed by atoms with van der Waals surface area (Å²) in [6.45, 7) is 1.31. The molecule has 1 aliphatic rings. The van der Waals surface area contributed by atoms with Gasteiger partial charge >= 0.3 is 0 Å². The zero-order chi connectivity index (χ0) is 19.5. The molecule has 0 saturated carbocycles. The summed E-state index contributed by atoms with van der Waals surface area (Å²) in [5.74, 6) is -0.0500. The smallest absolute Gasteiger partial charge is 0.290 e. The highest BCUT2D eigenvalue weighted by atomic mass is 16.3. The molecule has 1 saturated heterocycles. The van der Waals surface area contributed by atoms with E-state index in [0.717, 1.165) is 36.1 Å². The molecule has 9 nitrogen and oxygen atoms in total. The van der Waals surface area contributed by atoms with Crippen LogP contribution in [0.4, 0.5) is 0 Å². The average Bonchev–Trinajstić information content (AvgIpc) is 3.06. The molecule has 0 radical (unpaired) electrons. The minimum absolute atomic E-state index is 0.0500. The molecule has 0 bridgehead atoms. The van der Waals surface area contributed by atoms with Crippen LogP contribution in [0.1, 0.15) is 16.9 Å². The predicted octanol–water partition coefficient (Wildman–Crippen LogP) is 1.89. The van der Waals surface area contributed by atoms with Crippen molar-refractivity contribution >= 4 is 29.1 Å². The van der Waals surface area contributed by atoms with E-state index in [1.165, 1.54) is 0 Å². The molecule has 4 aromatic rings. The van der Waals surface area contributed by atoms with E-state index in [9.17, 15) is 4.79 Å². The normalized spacial score (nSPS) is 12.9. The van der Waals surface area contributed by atoms with Gasteiger partial charge in [0.2, 0.25) is 0 Å². The lowest BCUT2D eigenvalue weighted by molar-refractivity contribution is -0.122. The lowest BCUT2D eigenvalue weighted by Crippen LogP contribution is -2.42. The number of amides is 1. The van der Waals surface area contributed by atoms with Crippen LogP contribution in [-0.2, 0) is 4.79 Å². The molecule has 0 atom stereocenters. The first-order valence-corrected chi connectivity index (χ1v) is 8.65. The number of rotatable bonds is 2. The Morgan fingerprint density at radius 3 is 2.54 bits per heavy atom. The van der Waals surface area contributed by atoms with E-state index in [4.69, 9.17) is 9.90 Å². The van der Waals surface area contributed by atoms with Gasteiger partial charge in [0, 0.05) is 37.2 Å². The fourth-order valence-electron chi connectivity index (χ4n) is 3.08. The number of hydrogen-bond acceptors (Lipinski definition) is 6. The maximum Gasteiger partial charge on any atom is 0.290 e. The van der Waals surface area contributed by atoms with E-state index >= 15 is 0 Å². The third kappa shape index (κ3) is 3.02. The van der Waals surface area contributed by atoms with Crippen molar-refractivity contribution in [2.75, 3.05) is 13.1 Å². The monoisotopic (exact) mass is 376 g/mol. The Morgan fingerprint density at radius 2 is 1.82 bits per heavy atom. The van der Waals surface area contributed by atoms with E-state index in [-0.39, 0.29) is 12.4 Å². The molecular formula is C19H16N6O3. The van der Waals surface area contributed by atoms with E-state index < -0.39 is 0 Å². The summed E-state index contributed by atoms with van der Waals surface area (Å²) in [6, 6.07) is 9.42. The summed E-state index contributed by atoms with van der Waals surface area (Å²) in [7, 11) is 0. The van der Waals surface area contributed by atoms with Gasteiger partial charge in [0.25, 0.3) is 12.4 Å². The molecule has 140 valence electrons. The van der Waals surface area contributed by atoms with Crippen LogP contribution in [0.5, 0.6) is 0 Å². The molecule has 5 rings (SSSR count). The molecule has 28 heavy (non-hydrogen) atoms. The molecular weight excluding hydrogens is 360 g/mol. The van der Waals surface area contributed by atoms with Crippen LogP contribution in [0.2, 0.25) is 0 Å². The predicted molar refractivity (Wildman–Crippen MR) is 101 cm³/mol. The summed E-state index contributed by atoms with van der Waals surface area (Å²) in [6.07, 6.45) is 6.05. The zero-order valence-electron chi connectivity index (χ0n) is 14.8. The summed E-state index contributed by atoms with van der Waals surface area (Å²) in [5.41, 5.74) is 4.21. The minimum atomic E-state index is -0.250. The number of imidazole rings is 1. The third-order valence-electron chi connectivity index (χ3n) is 4.48. The standard InChI is InChI=1S/C18H14N6O.CH2O2/c25-18(23-9-2-10-23)16-17(24-15(22-16)3-1-6-21-24)12-4-5-13-14(11-12)20-8-7-19-13;2-1-3/h1,3-8,11H,2,9-10H2;1H,(H,2,3). The van der Waals surface area contributed by atoms with Crippen LogP contribution >= 0.6 is 0 Å². The Morgan fingerprint density at radius 1 is 1.07 bits per heavy atom. The molecule has 0 unspecified atom stereocenters. The Labute approximate surface area is 159 Å². The summed E-state index contributed by atoms with van der Waals surface area (Å²) < 4.78 is 1.71. The number of carboxylic acid groups (broad SMARTS) is 1. The lowest BCUT2D eigenvalue weighted by Gasteiger charge is -2.30. The molecule has 4 heterocycles. The van der Waals surface area contributed by atoms with Gasteiger partial charge in [-0.1, -0.05) is 6.07 Å². The first-order valence-electron chi connectivity index (χ1n) is 8.65. The number of fused-ring (bicyclic) bond motifs is 2. The van der Waals surface area contributed by atoms with Gasteiger partial charge in [-0.3, -0.25) is 19.6 Å². The van der Waals surface area contributed by atoms with Gasteiger partial charge in [0.15, 0.2) is 11.3 Å². The van der Waals surface area contributed by atoms with Crippen molar-refractivity contribution in [2.45, 2.75) is 6.42 Å². The van der Waals surface area contributed by atoms with Crippen molar-refractivity contribution in [1.82, 2.24) is 29.5 Å². The summed E-state index contributed by atoms with van der Waals surface area (Å²) in [4.78, 5) is 36.2. The van der Waals surface area contributed by atoms with Crippen LogP contribution < -0.4 is 0 Å². The Kier molecular flexibility index (Phi) is 4.63. The van der Waals surface area contributed by atoms with Crippen molar-refractivity contribution < 1.29 is 14.7 Å². The van der Waals surface area contributed by atoms with Gasteiger partial charge in [-0.2, -0.15) is 5.10 Å². The molecule has 1 aliphatic heterocycles. The molecule has 0 aliphatic carbocycles. The quantitative estimate of drug-likeness (QED) is 0.531. The van der Waals surface area contributed by atoms with Crippen LogP contribution in [0.25, 0.3) is 27.9 Å². The number of carbonyl (C=O) groups is 2. The van der Waals surface area contributed by atoms with E-state index in [1.807, 2.05) is 35.2 Å². The van der Waals surface area contributed by atoms with Crippen LogP contribution in [0.15, 0.2) is 48.9 Å². The number of carbonyl (C=O) groups excluding carboxylic acids is 1. The Hall–Kier alpha value is -3.88. The number of nitrogens with zero attached hydrogens (tertiary/aromatic N) is 6. The van der Waals surface area contributed by atoms with Crippen LogP contribution in [0, 0.1) is 0 Å². The van der Waals surface area contributed by atoms with Crippen LogP contribution in [-0.4, -0.2) is 60.0 Å². The molecule has 1 N–H and O–H groups in total. The second-order valence-corrected chi connectivity index (χ2v) is 6.11. The number of aromatic nitrogens is 5. The molecule has 1 fully saturated rings. The first kappa shape index (κ1) is 17.5. The highest BCUT2D eigenvalue weighted by Crippen LogP contribution is 2.28. The van der Waals surface area contributed by atoms with Gasteiger partial charge in [0.1, 0.15) is 5.69 Å². The SMILES string of the molecule is O=C(c1nc2cccnn2c1-c1ccc2nccnc2c1)N1CCC1.O=CO. The minimum Gasteiger partial charge on any atom is -0.483 e. The highest BCUT2D eigenvalue weighted by Gasteiger charge is 2.28. The lowest BCUT2D eigenvalue weighted by atomic mass is 10.1. The van der Waals surface area contributed by atoms with Gasteiger partial charge in [-0.15, -0.1) is 0 Å². The maximum atomic E-state index is 12.8. The molecule has 1 amide bonds. The van der Waals surface area contributed by atoms with Gasteiger partial charge in [-0.25, -0.2) is 9.50 Å². The Balaban J connectivity index is 0.000000604. The Bertz CT molecular complexity index is 1170. The fourth-order valence-corrected chi connectivity index (χ4v) is 3.08. The van der Waals surface area contributed by atoms with Gasteiger partial charge in [-0.05, 0) is 30.7 Å². The van der Waals surface area contributed by atoms with E-state index in [1.54, 1.807) is 23.1 Å². The third-order valence-corrected chi connectivity index (χ3v) is 4.48. The molecule has 3 aromatic heterocycles. The summed E-state index contributed by atoms with van der Waals surface area (Å²) in [5, 5.41) is 11.3. The van der Waals surface area contributed by atoms with Crippen LogP contribution in [0.3, 0.4) is 0 Å². The van der Waals surface area contributed by atoms with Gasteiger partial charge in [0.05, 0.1) is 11.0 Å². The fraction of sp³-hybridized carbons (Fsp3) is 0.158. The average molecular weight is 376 g/mol. The number of likely N-dealkylation sites (tertiary alicyclic amines) is 1. The second kappa shape index (κ2) is 7.39. The van der Waals surface area contributed by atoms with Crippen molar-refractivity contribution in [2.24, 2.45) is 0 Å². The number of benzene rings is 1. The topological polar surface area (TPSA) is 114 Å². The van der Waals surface area contributed by atoms with Crippen molar-refractivity contribution in [3.8, 4) is 11.3 Å². The largest absolute Gasteiger partial charge is 0.483 e. The molecule has 1 aromatic carbocycles. The van der Waals surface area contributed by atoms with E-state index in [0.29, 0.717) is 17.0 Å².